The predicted molar refractivity (Wildman–Crippen MR) is 47.8 cm³/mol. The topological polar surface area (TPSA) is 98.7 Å². The summed E-state index contributed by atoms with van der Waals surface area (Å²) in [4.78, 5) is 0. The highest BCUT2D eigenvalue weighted by Crippen LogP contribution is 1.62. The van der Waals surface area contributed by atoms with Crippen LogP contribution in [0.5, 0.6) is 0 Å². The minimum atomic E-state index is 0.139. The fraction of sp³-hybridized carbons (Fsp3) is 1.00. The van der Waals surface area contributed by atoms with Crippen molar-refractivity contribution in [2.24, 2.45) is 5.73 Å². The fourth-order valence-electron chi connectivity index (χ4n) is 0.374. The minimum Gasteiger partial charge on any atom is -0.396 e. The van der Waals surface area contributed by atoms with Gasteiger partial charge in [0.25, 0.3) is 0 Å². The van der Waals surface area contributed by atoms with Crippen LogP contribution in [0.1, 0.15) is 6.42 Å². The third-order valence-electron chi connectivity index (χ3n) is 0.939. The van der Waals surface area contributed by atoms with Crippen molar-refractivity contribution in [3.63, 3.8) is 0 Å². The molecule has 0 aliphatic heterocycles. The van der Waals surface area contributed by atoms with E-state index in [2.05, 4.69) is 5.32 Å². The first-order chi connectivity index (χ1) is 5.83. The molecule has 0 heterocycles. The van der Waals surface area contributed by atoms with Crippen molar-refractivity contribution in [3.8, 4) is 0 Å². The Balaban J connectivity index is 0. The Labute approximate surface area is 73.2 Å². The standard InChI is InChI=1S/C4H11NO2.C3H9NO/c6-3-1-5-2-4-7;4-2-1-3-5/h5-7H,1-4H2;5H,1-4H2. The van der Waals surface area contributed by atoms with E-state index in [0.29, 0.717) is 19.6 Å². The van der Waals surface area contributed by atoms with Crippen LogP contribution in [-0.2, 0) is 0 Å². The number of nitrogens with one attached hydrogen (secondary N) is 1. The summed E-state index contributed by atoms with van der Waals surface area (Å²) in [6, 6.07) is 0. The van der Waals surface area contributed by atoms with Gasteiger partial charge in [0, 0.05) is 19.7 Å². The number of hydrogen-bond acceptors (Lipinski definition) is 5. The molecule has 0 aliphatic rings. The molecular weight excluding hydrogens is 160 g/mol. The highest BCUT2D eigenvalue weighted by molar-refractivity contribution is 4.39. The second kappa shape index (κ2) is 17.0. The lowest BCUT2D eigenvalue weighted by molar-refractivity contribution is 0.266. The molecule has 12 heavy (non-hydrogen) atoms. The zero-order valence-electron chi connectivity index (χ0n) is 7.37. The van der Waals surface area contributed by atoms with E-state index in [1.54, 1.807) is 0 Å². The summed E-state index contributed by atoms with van der Waals surface area (Å²) in [6.07, 6.45) is 0.722. The Hall–Kier alpha value is -0.200. The molecule has 0 rings (SSSR count). The predicted octanol–water partition coefficient (Wildman–Crippen LogP) is -2.11. The second-order valence-electron chi connectivity index (χ2n) is 2.06. The van der Waals surface area contributed by atoms with Crippen molar-refractivity contribution >= 4 is 0 Å². The lowest BCUT2D eigenvalue weighted by atomic mass is 10.5. The maximum absolute atomic E-state index is 8.15. The van der Waals surface area contributed by atoms with Gasteiger partial charge < -0.3 is 26.4 Å². The van der Waals surface area contributed by atoms with E-state index >= 15 is 0 Å². The molecular formula is C7H20N2O3. The van der Waals surface area contributed by atoms with Crippen LogP contribution in [0.4, 0.5) is 0 Å². The van der Waals surface area contributed by atoms with Crippen LogP contribution in [0.2, 0.25) is 0 Å². The molecule has 0 amide bonds. The second-order valence-corrected chi connectivity index (χ2v) is 2.06. The van der Waals surface area contributed by atoms with Gasteiger partial charge in [-0.15, -0.1) is 0 Å². The van der Waals surface area contributed by atoms with Crippen molar-refractivity contribution in [2.75, 3.05) is 39.5 Å². The first kappa shape index (κ1) is 14.3. The molecule has 5 heteroatoms. The number of nitrogens with two attached hydrogens (primary N) is 1. The number of rotatable bonds is 6. The zero-order chi connectivity index (χ0) is 9.66. The maximum Gasteiger partial charge on any atom is 0.0555 e. The number of hydrogen-bond donors (Lipinski definition) is 5. The van der Waals surface area contributed by atoms with Gasteiger partial charge in [-0.3, -0.25) is 0 Å². The van der Waals surface area contributed by atoms with Gasteiger partial charge in [0.15, 0.2) is 0 Å². The minimum absolute atomic E-state index is 0.139. The van der Waals surface area contributed by atoms with E-state index in [4.69, 9.17) is 21.1 Å². The molecule has 0 unspecified atom stereocenters. The van der Waals surface area contributed by atoms with Crippen molar-refractivity contribution in [1.29, 1.82) is 0 Å². The average Bonchev–Trinajstić information content (AvgIpc) is 2.08. The molecule has 0 aliphatic carbocycles. The molecule has 0 fully saturated rings. The third-order valence-corrected chi connectivity index (χ3v) is 0.939. The van der Waals surface area contributed by atoms with Crippen LogP contribution in [0.15, 0.2) is 0 Å². The van der Waals surface area contributed by atoms with Crippen LogP contribution in [0.3, 0.4) is 0 Å². The lowest BCUT2D eigenvalue weighted by Crippen LogP contribution is -2.21. The van der Waals surface area contributed by atoms with Crippen LogP contribution in [0.25, 0.3) is 0 Å². The normalized spacial score (nSPS) is 9.00. The van der Waals surface area contributed by atoms with E-state index in [1.165, 1.54) is 0 Å². The zero-order valence-corrected chi connectivity index (χ0v) is 7.37. The van der Waals surface area contributed by atoms with Gasteiger partial charge in [-0.05, 0) is 13.0 Å². The molecule has 0 aromatic rings. The smallest absolute Gasteiger partial charge is 0.0555 e. The Morgan fingerprint density at radius 2 is 1.42 bits per heavy atom. The van der Waals surface area contributed by atoms with Gasteiger partial charge >= 0.3 is 0 Å². The Kier molecular flexibility index (Phi) is 20.4. The van der Waals surface area contributed by atoms with Gasteiger partial charge in [0.2, 0.25) is 0 Å². The average molecular weight is 180 g/mol. The van der Waals surface area contributed by atoms with Gasteiger partial charge in [-0.2, -0.15) is 0 Å². The number of aliphatic hydroxyl groups excluding tert-OH is 3. The van der Waals surface area contributed by atoms with Crippen molar-refractivity contribution in [2.45, 2.75) is 6.42 Å². The van der Waals surface area contributed by atoms with E-state index in [0.717, 1.165) is 6.42 Å². The molecule has 0 atom stereocenters. The lowest BCUT2D eigenvalue weighted by Gasteiger charge is -1.94. The summed E-state index contributed by atoms with van der Waals surface area (Å²) < 4.78 is 0. The van der Waals surface area contributed by atoms with Crippen molar-refractivity contribution < 1.29 is 15.3 Å². The molecule has 0 spiro atoms. The largest absolute Gasteiger partial charge is 0.396 e. The van der Waals surface area contributed by atoms with Gasteiger partial charge in [0.1, 0.15) is 0 Å². The van der Waals surface area contributed by atoms with Crippen LogP contribution in [-0.4, -0.2) is 54.8 Å². The first-order valence-corrected chi connectivity index (χ1v) is 4.06. The molecule has 0 radical (unpaired) electrons. The molecule has 6 N–H and O–H groups in total. The van der Waals surface area contributed by atoms with Gasteiger partial charge in [-0.25, -0.2) is 0 Å². The summed E-state index contributed by atoms with van der Waals surface area (Å²) in [5.41, 5.74) is 4.98. The van der Waals surface area contributed by atoms with E-state index in [9.17, 15) is 0 Å². The molecule has 0 aromatic heterocycles. The maximum atomic E-state index is 8.15. The summed E-state index contributed by atoms with van der Waals surface area (Å²) in [6.45, 7) is 2.23. The van der Waals surface area contributed by atoms with Crippen LogP contribution < -0.4 is 11.1 Å². The van der Waals surface area contributed by atoms with E-state index in [-0.39, 0.29) is 19.8 Å². The molecule has 0 aromatic carbocycles. The summed E-state index contributed by atoms with van der Waals surface area (Å²) in [7, 11) is 0. The molecule has 0 saturated heterocycles. The molecule has 76 valence electrons. The Morgan fingerprint density at radius 1 is 0.917 bits per heavy atom. The van der Waals surface area contributed by atoms with Crippen molar-refractivity contribution in [1.82, 2.24) is 5.32 Å². The van der Waals surface area contributed by atoms with E-state index < -0.39 is 0 Å². The Morgan fingerprint density at radius 3 is 1.58 bits per heavy atom. The monoisotopic (exact) mass is 180 g/mol. The van der Waals surface area contributed by atoms with Crippen molar-refractivity contribution in [3.05, 3.63) is 0 Å². The Bertz CT molecular complexity index is 58.6. The summed E-state index contributed by atoms with van der Waals surface area (Å²) in [5, 5.41) is 27.1. The van der Waals surface area contributed by atoms with E-state index in [1.807, 2.05) is 0 Å². The van der Waals surface area contributed by atoms with Crippen LogP contribution in [0, 0.1) is 0 Å². The molecule has 5 nitrogen and oxygen atoms in total. The SMILES string of the molecule is NCCCO.OCCNCCO. The van der Waals surface area contributed by atoms with Crippen LogP contribution >= 0.6 is 0 Å². The summed E-state index contributed by atoms with van der Waals surface area (Å²) in [5.74, 6) is 0. The highest BCUT2D eigenvalue weighted by atomic mass is 16.3. The first-order valence-electron chi connectivity index (χ1n) is 4.06. The fourth-order valence-corrected chi connectivity index (χ4v) is 0.374. The highest BCUT2D eigenvalue weighted by Gasteiger charge is 1.78. The quantitative estimate of drug-likeness (QED) is 0.301. The van der Waals surface area contributed by atoms with Gasteiger partial charge in [-0.1, -0.05) is 0 Å². The number of aliphatic hydroxyl groups is 3. The molecule has 0 bridgehead atoms. The third kappa shape index (κ3) is 22.6. The van der Waals surface area contributed by atoms with Gasteiger partial charge in [0.05, 0.1) is 13.2 Å². The molecule has 0 saturated carbocycles. The summed E-state index contributed by atoms with van der Waals surface area (Å²) >= 11 is 0.